The third kappa shape index (κ3) is 2.74. The van der Waals surface area contributed by atoms with Crippen LogP contribution in [-0.2, 0) is 9.59 Å². The fraction of sp³-hybridized carbons (Fsp3) is 0.667. The SMILES string of the molecule is CC(=O)CC(=O)C(F)(F)C(F)(F)F. The van der Waals surface area contributed by atoms with Crippen LogP contribution in [0.15, 0.2) is 0 Å². The summed E-state index contributed by atoms with van der Waals surface area (Å²) in [7, 11) is 0. The van der Waals surface area contributed by atoms with Crippen LogP contribution in [0, 0.1) is 0 Å². The molecule has 0 aromatic heterocycles. The smallest absolute Gasteiger partial charge is 0.300 e. The van der Waals surface area contributed by atoms with E-state index in [1.807, 2.05) is 0 Å². The molecule has 0 rings (SSSR count). The van der Waals surface area contributed by atoms with E-state index in [9.17, 15) is 31.5 Å². The van der Waals surface area contributed by atoms with Gasteiger partial charge in [0.15, 0.2) is 0 Å². The summed E-state index contributed by atoms with van der Waals surface area (Å²) in [4.78, 5) is 20.3. The van der Waals surface area contributed by atoms with E-state index in [1.165, 1.54) is 0 Å². The lowest BCUT2D eigenvalue weighted by Crippen LogP contribution is -2.44. The van der Waals surface area contributed by atoms with E-state index in [2.05, 4.69) is 0 Å². The Balaban J connectivity index is 4.65. The van der Waals surface area contributed by atoms with Gasteiger partial charge >= 0.3 is 12.1 Å². The fourth-order valence-corrected chi connectivity index (χ4v) is 0.495. The molecule has 0 atom stereocenters. The van der Waals surface area contributed by atoms with Gasteiger partial charge in [-0.1, -0.05) is 0 Å². The van der Waals surface area contributed by atoms with Gasteiger partial charge in [-0.25, -0.2) is 0 Å². The number of carbonyl (C=O) groups excluding carboxylic acids is 2. The molecule has 76 valence electrons. The molecule has 0 saturated carbocycles. The third-order valence-electron chi connectivity index (χ3n) is 1.12. The molecule has 7 heteroatoms. The molecular weight excluding hydrogens is 199 g/mol. The van der Waals surface area contributed by atoms with Crippen molar-refractivity contribution in [2.45, 2.75) is 25.4 Å². The van der Waals surface area contributed by atoms with Crippen LogP contribution >= 0.6 is 0 Å². The van der Waals surface area contributed by atoms with E-state index in [0.29, 0.717) is 0 Å². The highest BCUT2D eigenvalue weighted by atomic mass is 19.4. The van der Waals surface area contributed by atoms with Gasteiger partial charge in [-0.15, -0.1) is 0 Å². The largest absolute Gasteiger partial charge is 0.461 e. The topological polar surface area (TPSA) is 34.1 Å². The maximum Gasteiger partial charge on any atom is 0.461 e. The van der Waals surface area contributed by atoms with Crippen molar-refractivity contribution >= 4 is 11.6 Å². The molecule has 0 fully saturated rings. The average Bonchev–Trinajstić information content (AvgIpc) is 1.82. The molecule has 2 nitrogen and oxygen atoms in total. The lowest BCUT2D eigenvalue weighted by atomic mass is 10.1. The highest BCUT2D eigenvalue weighted by Crippen LogP contribution is 2.36. The molecule has 0 aromatic rings. The minimum Gasteiger partial charge on any atom is -0.300 e. The number of Topliss-reactive ketones (excluding diaryl/α,β-unsaturated/α-hetero) is 2. The van der Waals surface area contributed by atoms with Crippen LogP contribution in [0.3, 0.4) is 0 Å². The number of alkyl halides is 5. The zero-order valence-electron chi connectivity index (χ0n) is 6.41. The molecule has 0 spiro atoms. The fourth-order valence-electron chi connectivity index (χ4n) is 0.495. The average molecular weight is 204 g/mol. The molecule has 0 bridgehead atoms. The van der Waals surface area contributed by atoms with Crippen LogP contribution in [0.5, 0.6) is 0 Å². The highest BCUT2D eigenvalue weighted by molar-refractivity contribution is 6.01. The first kappa shape index (κ1) is 12.0. The summed E-state index contributed by atoms with van der Waals surface area (Å²) in [5.41, 5.74) is 0. The van der Waals surface area contributed by atoms with Gasteiger partial charge < -0.3 is 0 Å². The predicted octanol–water partition coefficient (Wildman–Crippen LogP) is 1.73. The van der Waals surface area contributed by atoms with Crippen LogP contribution in [0.25, 0.3) is 0 Å². The third-order valence-corrected chi connectivity index (χ3v) is 1.12. The van der Waals surface area contributed by atoms with Crippen LogP contribution in [-0.4, -0.2) is 23.7 Å². The van der Waals surface area contributed by atoms with Gasteiger partial charge in [-0.3, -0.25) is 9.59 Å². The van der Waals surface area contributed by atoms with Crippen molar-refractivity contribution in [2.75, 3.05) is 0 Å². The number of ketones is 2. The molecule has 0 heterocycles. The predicted molar refractivity (Wildman–Crippen MR) is 31.3 cm³/mol. The summed E-state index contributed by atoms with van der Waals surface area (Å²) in [5.74, 6) is -8.89. The van der Waals surface area contributed by atoms with Crippen molar-refractivity contribution in [3.8, 4) is 0 Å². The van der Waals surface area contributed by atoms with Crippen LogP contribution in [0.1, 0.15) is 13.3 Å². The summed E-state index contributed by atoms with van der Waals surface area (Å²) in [6, 6.07) is 0. The minimum absolute atomic E-state index is 0.754. The molecule has 0 aliphatic rings. The number of carbonyl (C=O) groups is 2. The molecule has 13 heavy (non-hydrogen) atoms. The van der Waals surface area contributed by atoms with Gasteiger partial charge in [0, 0.05) is 0 Å². The second kappa shape index (κ2) is 3.39. The van der Waals surface area contributed by atoms with Crippen molar-refractivity contribution in [2.24, 2.45) is 0 Å². The zero-order chi connectivity index (χ0) is 10.9. The van der Waals surface area contributed by atoms with E-state index < -0.39 is 30.1 Å². The van der Waals surface area contributed by atoms with Crippen molar-refractivity contribution in [3.05, 3.63) is 0 Å². The summed E-state index contributed by atoms with van der Waals surface area (Å²) < 4.78 is 58.5. The number of hydrogen-bond acceptors (Lipinski definition) is 2. The maximum atomic E-state index is 12.1. The van der Waals surface area contributed by atoms with Gasteiger partial charge in [0.1, 0.15) is 5.78 Å². The normalized spacial score (nSPS) is 12.8. The van der Waals surface area contributed by atoms with Gasteiger partial charge in [0.25, 0.3) is 0 Å². The highest BCUT2D eigenvalue weighted by Gasteiger charge is 2.62. The second-order valence-electron chi connectivity index (χ2n) is 2.37. The first-order chi connectivity index (χ1) is 5.59. The Morgan fingerprint density at radius 1 is 1.08 bits per heavy atom. The lowest BCUT2D eigenvalue weighted by molar-refractivity contribution is -0.268. The van der Waals surface area contributed by atoms with Gasteiger partial charge in [-0.2, -0.15) is 22.0 Å². The van der Waals surface area contributed by atoms with Crippen LogP contribution in [0.2, 0.25) is 0 Å². The van der Waals surface area contributed by atoms with Crippen LogP contribution in [0.4, 0.5) is 22.0 Å². The Kier molecular flexibility index (Phi) is 3.13. The van der Waals surface area contributed by atoms with E-state index in [4.69, 9.17) is 0 Å². The van der Waals surface area contributed by atoms with Gasteiger partial charge in [-0.05, 0) is 6.92 Å². The molecule has 0 amide bonds. The molecule has 0 N–H and O–H groups in total. The summed E-state index contributed by atoms with van der Waals surface area (Å²) in [6.07, 6.45) is -7.34. The lowest BCUT2D eigenvalue weighted by Gasteiger charge is -2.17. The minimum atomic E-state index is -5.93. The van der Waals surface area contributed by atoms with E-state index >= 15 is 0 Å². The molecular formula is C6H5F5O2. The van der Waals surface area contributed by atoms with E-state index in [0.717, 1.165) is 6.92 Å². The maximum absolute atomic E-state index is 12.1. The van der Waals surface area contributed by atoms with Gasteiger partial charge in [0.2, 0.25) is 5.78 Å². The standard InChI is InChI=1S/C6H5F5O2/c1-3(12)2-4(13)5(7,8)6(9,10)11/h2H2,1H3. The second-order valence-corrected chi connectivity index (χ2v) is 2.37. The van der Waals surface area contributed by atoms with E-state index in [1.54, 1.807) is 0 Å². The molecule has 0 aliphatic carbocycles. The van der Waals surface area contributed by atoms with Crippen molar-refractivity contribution in [1.29, 1.82) is 0 Å². The number of halogens is 5. The number of rotatable bonds is 3. The zero-order valence-corrected chi connectivity index (χ0v) is 6.41. The molecule has 0 unspecified atom stereocenters. The summed E-state index contributed by atoms with van der Waals surface area (Å²) >= 11 is 0. The molecule has 0 aliphatic heterocycles. The monoisotopic (exact) mass is 204 g/mol. The first-order valence-corrected chi connectivity index (χ1v) is 3.06. The van der Waals surface area contributed by atoms with Crippen molar-refractivity contribution < 1.29 is 31.5 Å². The quantitative estimate of drug-likeness (QED) is 0.518. The van der Waals surface area contributed by atoms with Crippen LogP contribution < -0.4 is 0 Å². The molecule has 0 radical (unpaired) electrons. The Morgan fingerprint density at radius 2 is 1.46 bits per heavy atom. The summed E-state index contributed by atoms with van der Waals surface area (Å²) in [6.45, 7) is 0.754. The Labute approximate surface area is 69.7 Å². The van der Waals surface area contributed by atoms with Crippen molar-refractivity contribution in [1.82, 2.24) is 0 Å². The van der Waals surface area contributed by atoms with E-state index in [-0.39, 0.29) is 0 Å². The Bertz CT molecular complexity index is 230. The Hall–Kier alpha value is -1.01. The van der Waals surface area contributed by atoms with Crippen molar-refractivity contribution in [3.63, 3.8) is 0 Å². The Morgan fingerprint density at radius 3 is 1.69 bits per heavy atom. The molecule has 0 aromatic carbocycles. The summed E-state index contributed by atoms with van der Waals surface area (Å²) in [5, 5.41) is 0. The van der Waals surface area contributed by atoms with Gasteiger partial charge in [0.05, 0.1) is 6.42 Å². The first-order valence-electron chi connectivity index (χ1n) is 3.06. The molecule has 0 saturated heterocycles. The number of hydrogen-bond donors (Lipinski definition) is 0.